The lowest BCUT2D eigenvalue weighted by atomic mass is 10.0. The molecule has 0 nitrogen and oxygen atoms in total. The molecule has 0 spiro atoms. The van der Waals surface area contributed by atoms with E-state index in [0.717, 1.165) is 11.8 Å². The molecule has 0 heterocycles. The summed E-state index contributed by atoms with van der Waals surface area (Å²) in [7, 11) is 0. The van der Waals surface area contributed by atoms with Crippen LogP contribution in [0.1, 0.15) is 48.6 Å². The largest absolute Gasteiger partial charge is 0.0616 e. The summed E-state index contributed by atoms with van der Waals surface area (Å²) in [6, 6.07) is 6.90. The zero-order chi connectivity index (χ0) is 8.84. The van der Waals surface area contributed by atoms with E-state index in [-0.39, 0.29) is 0 Å². The highest BCUT2D eigenvalue weighted by Gasteiger charge is 2.30. The molecule has 0 saturated heterocycles. The van der Waals surface area contributed by atoms with Gasteiger partial charge in [-0.2, -0.15) is 0 Å². The first kappa shape index (κ1) is 8.27. The van der Waals surface area contributed by atoms with E-state index in [1.807, 2.05) is 0 Å². The van der Waals surface area contributed by atoms with Crippen molar-refractivity contribution in [1.82, 2.24) is 0 Å². The lowest BCUT2D eigenvalue weighted by molar-refractivity contribution is 1.05. The van der Waals surface area contributed by atoms with Gasteiger partial charge in [-0.25, -0.2) is 0 Å². The monoisotopic (exact) mass is 284 g/mol. The minimum atomic E-state index is 0.908. The molecular formula is C12H13I. The molecule has 0 unspecified atom stereocenters. The molecule has 2 saturated carbocycles. The third-order valence-electron chi connectivity index (χ3n) is 3.09. The summed E-state index contributed by atoms with van der Waals surface area (Å²) < 4.78 is 1.57. The van der Waals surface area contributed by atoms with Crippen molar-refractivity contribution >= 4 is 22.6 Å². The first-order chi connectivity index (χ1) is 6.36. The molecule has 0 aliphatic heterocycles. The van der Waals surface area contributed by atoms with Crippen LogP contribution in [-0.2, 0) is 0 Å². The van der Waals surface area contributed by atoms with Crippen LogP contribution in [0.25, 0.3) is 0 Å². The van der Waals surface area contributed by atoms with Gasteiger partial charge in [-0.1, -0.05) is 18.2 Å². The first-order valence-electron chi connectivity index (χ1n) is 5.14. The van der Waals surface area contributed by atoms with Crippen LogP contribution in [0.4, 0.5) is 0 Å². The molecule has 0 amide bonds. The molecule has 0 bridgehead atoms. The van der Waals surface area contributed by atoms with E-state index in [0.29, 0.717) is 0 Å². The molecule has 3 rings (SSSR count). The van der Waals surface area contributed by atoms with E-state index in [4.69, 9.17) is 0 Å². The van der Waals surface area contributed by atoms with E-state index in [2.05, 4.69) is 40.8 Å². The van der Waals surface area contributed by atoms with Gasteiger partial charge >= 0.3 is 0 Å². The second-order valence-electron chi connectivity index (χ2n) is 4.30. The molecular weight excluding hydrogens is 271 g/mol. The molecule has 2 aliphatic rings. The van der Waals surface area contributed by atoms with Crippen molar-refractivity contribution in [2.24, 2.45) is 0 Å². The molecule has 2 fully saturated rings. The van der Waals surface area contributed by atoms with E-state index in [1.54, 1.807) is 14.7 Å². The van der Waals surface area contributed by atoms with Crippen LogP contribution in [0, 0.1) is 3.57 Å². The average molecular weight is 284 g/mol. The maximum Gasteiger partial charge on any atom is 0.0200 e. The lowest BCUT2D eigenvalue weighted by Gasteiger charge is -2.07. The SMILES string of the molecule is Ic1c(C2CC2)cccc1C1CC1. The van der Waals surface area contributed by atoms with E-state index in [1.165, 1.54) is 25.7 Å². The molecule has 1 heteroatoms. The molecule has 1 aromatic carbocycles. The fraction of sp³-hybridized carbons (Fsp3) is 0.500. The molecule has 68 valence electrons. The Bertz CT molecular complexity index is 305. The van der Waals surface area contributed by atoms with Gasteiger partial charge in [-0.15, -0.1) is 0 Å². The number of benzene rings is 1. The van der Waals surface area contributed by atoms with Crippen LogP contribution < -0.4 is 0 Å². The highest BCUT2D eigenvalue weighted by Crippen LogP contribution is 2.47. The van der Waals surface area contributed by atoms with Gasteiger partial charge in [0.2, 0.25) is 0 Å². The maximum atomic E-state index is 2.55. The van der Waals surface area contributed by atoms with Crippen LogP contribution in [0.3, 0.4) is 0 Å². The lowest BCUT2D eigenvalue weighted by Crippen LogP contribution is -1.91. The Morgan fingerprint density at radius 3 is 1.77 bits per heavy atom. The fourth-order valence-electron chi connectivity index (χ4n) is 1.99. The van der Waals surface area contributed by atoms with E-state index < -0.39 is 0 Å². The minimum Gasteiger partial charge on any atom is -0.0616 e. The van der Waals surface area contributed by atoms with Crippen molar-refractivity contribution in [1.29, 1.82) is 0 Å². The Kier molecular flexibility index (Phi) is 1.89. The quantitative estimate of drug-likeness (QED) is 0.719. The number of hydrogen-bond donors (Lipinski definition) is 0. The van der Waals surface area contributed by atoms with Gasteiger partial charge in [-0.05, 0) is 71.2 Å². The van der Waals surface area contributed by atoms with Crippen molar-refractivity contribution in [3.63, 3.8) is 0 Å². The molecule has 1 aromatic rings. The zero-order valence-electron chi connectivity index (χ0n) is 7.59. The van der Waals surface area contributed by atoms with Gasteiger partial charge in [0.05, 0.1) is 0 Å². The Labute approximate surface area is 92.9 Å². The van der Waals surface area contributed by atoms with Crippen molar-refractivity contribution in [2.75, 3.05) is 0 Å². The molecule has 0 radical (unpaired) electrons. The second kappa shape index (κ2) is 2.97. The Morgan fingerprint density at radius 2 is 1.38 bits per heavy atom. The van der Waals surface area contributed by atoms with Gasteiger partial charge in [0.1, 0.15) is 0 Å². The predicted octanol–water partition coefficient (Wildman–Crippen LogP) is 4.05. The van der Waals surface area contributed by atoms with Crippen molar-refractivity contribution in [3.05, 3.63) is 32.9 Å². The summed E-state index contributed by atoms with van der Waals surface area (Å²) in [5.41, 5.74) is 3.26. The van der Waals surface area contributed by atoms with Crippen molar-refractivity contribution in [3.8, 4) is 0 Å². The summed E-state index contributed by atoms with van der Waals surface area (Å²) in [6.45, 7) is 0. The number of rotatable bonds is 2. The Hall–Kier alpha value is -0.0500. The molecule has 2 aliphatic carbocycles. The summed E-state index contributed by atoms with van der Waals surface area (Å²) in [5, 5.41) is 0. The first-order valence-corrected chi connectivity index (χ1v) is 6.22. The highest BCUT2D eigenvalue weighted by atomic mass is 127. The normalized spacial score (nSPS) is 21.9. The number of hydrogen-bond acceptors (Lipinski definition) is 0. The van der Waals surface area contributed by atoms with Crippen molar-refractivity contribution in [2.45, 2.75) is 37.5 Å². The Morgan fingerprint density at radius 1 is 0.923 bits per heavy atom. The van der Waals surface area contributed by atoms with Crippen LogP contribution in [0.15, 0.2) is 18.2 Å². The van der Waals surface area contributed by atoms with Gasteiger partial charge in [-0.3, -0.25) is 0 Å². The number of halogens is 1. The maximum absolute atomic E-state index is 2.55. The zero-order valence-corrected chi connectivity index (χ0v) is 9.75. The fourth-order valence-corrected chi connectivity index (χ4v) is 3.23. The standard InChI is InChI=1S/C12H13I/c13-12-10(8-4-5-8)2-1-3-11(12)9-6-7-9/h1-3,8-9H,4-7H2. The van der Waals surface area contributed by atoms with E-state index >= 15 is 0 Å². The second-order valence-corrected chi connectivity index (χ2v) is 5.38. The molecule has 13 heavy (non-hydrogen) atoms. The highest BCUT2D eigenvalue weighted by molar-refractivity contribution is 14.1. The summed E-state index contributed by atoms with van der Waals surface area (Å²) >= 11 is 2.55. The van der Waals surface area contributed by atoms with Crippen LogP contribution in [0.5, 0.6) is 0 Å². The summed E-state index contributed by atoms with van der Waals surface area (Å²) in [5.74, 6) is 1.82. The molecule has 0 atom stereocenters. The average Bonchev–Trinajstić information content (AvgIpc) is 3.00. The van der Waals surface area contributed by atoms with Crippen LogP contribution in [-0.4, -0.2) is 0 Å². The van der Waals surface area contributed by atoms with Gasteiger partial charge in [0, 0.05) is 3.57 Å². The van der Waals surface area contributed by atoms with Crippen LogP contribution >= 0.6 is 22.6 Å². The van der Waals surface area contributed by atoms with Gasteiger partial charge in [0.25, 0.3) is 0 Å². The van der Waals surface area contributed by atoms with E-state index in [9.17, 15) is 0 Å². The Balaban J connectivity index is 2.04. The minimum absolute atomic E-state index is 0.908. The summed E-state index contributed by atoms with van der Waals surface area (Å²) in [4.78, 5) is 0. The third kappa shape index (κ3) is 1.51. The molecule has 0 N–H and O–H groups in total. The van der Waals surface area contributed by atoms with Crippen LogP contribution in [0.2, 0.25) is 0 Å². The van der Waals surface area contributed by atoms with Crippen molar-refractivity contribution < 1.29 is 0 Å². The third-order valence-corrected chi connectivity index (χ3v) is 4.34. The smallest absolute Gasteiger partial charge is 0.0200 e. The topological polar surface area (TPSA) is 0 Å². The molecule has 0 aromatic heterocycles. The van der Waals surface area contributed by atoms with Gasteiger partial charge in [0.15, 0.2) is 0 Å². The predicted molar refractivity (Wildman–Crippen MR) is 63.1 cm³/mol. The summed E-state index contributed by atoms with van der Waals surface area (Å²) in [6.07, 6.45) is 5.68. The van der Waals surface area contributed by atoms with Gasteiger partial charge < -0.3 is 0 Å².